The van der Waals surface area contributed by atoms with E-state index < -0.39 is 0 Å². The van der Waals surface area contributed by atoms with Gasteiger partial charge in [-0.25, -0.2) is 4.68 Å². The monoisotopic (exact) mass is 263 g/mol. The molecule has 104 valence electrons. The zero-order valence-electron chi connectivity index (χ0n) is 11.6. The minimum Gasteiger partial charge on any atom is -0.352 e. The van der Waals surface area contributed by atoms with Crippen molar-refractivity contribution >= 4 is 5.91 Å². The number of fused-ring (bicyclic) bond motifs is 1. The average Bonchev–Trinajstić information content (AvgIpc) is 2.39. The van der Waals surface area contributed by atoms with E-state index in [1.54, 1.807) is 6.07 Å². The van der Waals surface area contributed by atoms with E-state index in [1.807, 2.05) is 13.8 Å². The average molecular weight is 263 g/mol. The van der Waals surface area contributed by atoms with Crippen LogP contribution in [0.1, 0.15) is 44.4 Å². The Hall–Kier alpha value is -1.65. The topological polar surface area (TPSA) is 64.0 Å². The Bertz CT molecular complexity index is 522. The molecular formula is C14H21N3O2. The van der Waals surface area contributed by atoms with Crippen LogP contribution >= 0.6 is 0 Å². The lowest BCUT2D eigenvalue weighted by Crippen LogP contribution is -2.38. The van der Waals surface area contributed by atoms with Crippen LogP contribution < -0.4 is 10.9 Å². The molecule has 1 aliphatic carbocycles. The third-order valence-electron chi connectivity index (χ3n) is 3.59. The van der Waals surface area contributed by atoms with Gasteiger partial charge in [-0.1, -0.05) is 6.92 Å². The molecule has 1 atom stereocenters. The van der Waals surface area contributed by atoms with Crippen LogP contribution in [0.2, 0.25) is 0 Å². The summed E-state index contributed by atoms with van der Waals surface area (Å²) >= 11 is 0. The number of aromatic nitrogens is 2. The third-order valence-corrected chi connectivity index (χ3v) is 3.59. The van der Waals surface area contributed by atoms with Gasteiger partial charge in [-0.15, -0.1) is 0 Å². The summed E-state index contributed by atoms with van der Waals surface area (Å²) in [5.41, 5.74) is 1.84. The highest BCUT2D eigenvalue weighted by Gasteiger charge is 2.15. The number of carbonyl (C=O) groups is 1. The van der Waals surface area contributed by atoms with Crippen molar-refractivity contribution in [2.45, 2.75) is 58.5 Å². The van der Waals surface area contributed by atoms with Crippen LogP contribution in [-0.4, -0.2) is 21.7 Å². The van der Waals surface area contributed by atoms with Gasteiger partial charge in [0, 0.05) is 12.1 Å². The number of rotatable bonds is 4. The molecule has 1 aliphatic rings. The molecule has 5 nitrogen and oxygen atoms in total. The number of hydrogen-bond acceptors (Lipinski definition) is 3. The summed E-state index contributed by atoms with van der Waals surface area (Å²) < 4.78 is 1.28. The van der Waals surface area contributed by atoms with Crippen molar-refractivity contribution in [3.8, 4) is 0 Å². The zero-order chi connectivity index (χ0) is 13.8. The molecule has 0 saturated heterocycles. The molecule has 1 N–H and O–H groups in total. The summed E-state index contributed by atoms with van der Waals surface area (Å²) in [6.45, 7) is 3.96. The van der Waals surface area contributed by atoms with E-state index in [9.17, 15) is 9.59 Å². The van der Waals surface area contributed by atoms with Crippen LogP contribution in [-0.2, 0) is 24.2 Å². The van der Waals surface area contributed by atoms with Gasteiger partial charge in [0.25, 0.3) is 5.56 Å². The molecule has 2 rings (SSSR count). The minimum atomic E-state index is -0.181. The van der Waals surface area contributed by atoms with E-state index in [1.165, 1.54) is 4.68 Å². The molecular weight excluding hydrogens is 242 g/mol. The second-order valence-electron chi connectivity index (χ2n) is 5.20. The number of aryl methyl sites for hydroxylation is 2. The van der Waals surface area contributed by atoms with E-state index in [2.05, 4.69) is 10.4 Å². The Kier molecular flexibility index (Phi) is 4.35. The van der Waals surface area contributed by atoms with E-state index in [0.717, 1.165) is 43.4 Å². The molecule has 0 bridgehead atoms. The van der Waals surface area contributed by atoms with E-state index in [4.69, 9.17) is 0 Å². The van der Waals surface area contributed by atoms with Crippen molar-refractivity contribution in [3.05, 3.63) is 27.7 Å². The Morgan fingerprint density at radius 2 is 2.21 bits per heavy atom. The van der Waals surface area contributed by atoms with Gasteiger partial charge in [0.15, 0.2) is 0 Å². The smallest absolute Gasteiger partial charge is 0.267 e. The zero-order valence-corrected chi connectivity index (χ0v) is 11.6. The van der Waals surface area contributed by atoms with E-state index in [0.29, 0.717) is 0 Å². The summed E-state index contributed by atoms with van der Waals surface area (Å²) in [6.07, 6.45) is 4.93. The van der Waals surface area contributed by atoms with Crippen molar-refractivity contribution in [1.82, 2.24) is 15.1 Å². The third kappa shape index (κ3) is 3.43. The van der Waals surface area contributed by atoms with E-state index in [-0.39, 0.29) is 24.1 Å². The molecule has 1 amide bonds. The molecule has 0 aromatic carbocycles. The Labute approximate surface area is 113 Å². The maximum Gasteiger partial charge on any atom is 0.267 e. The fourth-order valence-corrected chi connectivity index (χ4v) is 2.27. The van der Waals surface area contributed by atoms with Crippen molar-refractivity contribution in [2.24, 2.45) is 0 Å². The summed E-state index contributed by atoms with van der Waals surface area (Å²) in [5.74, 6) is -0.153. The SMILES string of the molecule is CC[C@@H](C)NC(=O)Cn1nc2c(cc1=O)CCCC2. The maximum atomic E-state index is 11.9. The number of hydrogen-bond donors (Lipinski definition) is 1. The first-order chi connectivity index (χ1) is 9.10. The first-order valence-electron chi connectivity index (χ1n) is 6.99. The Morgan fingerprint density at radius 3 is 2.95 bits per heavy atom. The van der Waals surface area contributed by atoms with Crippen LogP contribution in [0.4, 0.5) is 0 Å². The van der Waals surface area contributed by atoms with E-state index >= 15 is 0 Å². The van der Waals surface area contributed by atoms with Crippen molar-refractivity contribution in [2.75, 3.05) is 0 Å². The predicted molar refractivity (Wildman–Crippen MR) is 73.0 cm³/mol. The normalized spacial score (nSPS) is 15.7. The first-order valence-corrected chi connectivity index (χ1v) is 6.99. The predicted octanol–water partition coefficient (Wildman–Crippen LogP) is 1.04. The highest BCUT2D eigenvalue weighted by molar-refractivity contribution is 5.75. The number of amides is 1. The number of nitrogens with zero attached hydrogens (tertiary/aromatic N) is 2. The molecule has 0 spiro atoms. The van der Waals surface area contributed by atoms with Crippen molar-refractivity contribution in [3.63, 3.8) is 0 Å². The van der Waals surface area contributed by atoms with Crippen molar-refractivity contribution in [1.29, 1.82) is 0 Å². The second kappa shape index (κ2) is 5.99. The molecule has 0 radical (unpaired) electrons. The van der Waals surface area contributed by atoms with Crippen LogP contribution in [0, 0.1) is 0 Å². The molecule has 0 saturated carbocycles. The summed E-state index contributed by atoms with van der Waals surface area (Å²) in [4.78, 5) is 23.7. The largest absolute Gasteiger partial charge is 0.352 e. The molecule has 19 heavy (non-hydrogen) atoms. The van der Waals surface area contributed by atoms with Gasteiger partial charge < -0.3 is 5.32 Å². The number of nitrogens with one attached hydrogen (secondary N) is 1. The standard InChI is InChI=1S/C14H21N3O2/c1-3-10(2)15-13(18)9-17-14(19)8-11-6-4-5-7-12(11)16-17/h8,10H,3-7,9H2,1-2H3,(H,15,18)/t10-/m1/s1. The molecule has 1 aromatic heterocycles. The molecule has 0 fully saturated rings. The van der Waals surface area contributed by atoms with Gasteiger partial charge in [-0.05, 0) is 44.6 Å². The molecule has 1 heterocycles. The summed E-state index contributed by atoms with van der Waals surface area (Å²) in [6, 6.07) is 1.76. The summed E-state index contributed by atoms with van der Waals surface area (Å²) in [5, 5.41) is 7.18. The van der Waals surface area contributed by atoms with Gasteiger partial charge in [-0.2, -0.15) is 5.10 Å². The van der Waals surface area contributed by atoms with Crippen LogP contribution in [0.15, 0.2) is 10.9 Å². The first kappa shape index (κ1) is 13.8. The summed E-state index contributed by atoms with van der Waals surface area (Å²) in [7, 11) is 0. The van der Waals surface area contributed by atoms with Crippen LogP contribution in [0.25, 0.3) is 0 Å². The lowest BCUT2D eigenvalue weighted by molar-refractivity contribution is -0.122. The van der Waals surface area contributed by atoms with Gasteiger partial charge in [0.05, 0.1) is 5.69 Å². The molecule has 0 unspecified atom stereocenters. The highest BCUT2D eigenvalue weighted by atomic mass is 16.2. The van der Waals surface area contributed by atoms with Gasteiger partial charge >= 0.3 is 0 Å². The lowest BCUT2D eigenvalue weighted by atomic mass is 9.97. The van der Waals surface area contributed by atoms with Crippen LogP contribution in [0.5, 0.6) is 0 Å². The molecule has 5 heteroatoms. The molecule has 0 aliphatic heterocycles. The van der Waals surface area contributed by atoms with Crippen molar-refractivity contribution < 1.29 is 4.79 Å². The lowest BCUT2D eigenvalue weighted by Gasteiger charge is -2.16. The van der Waals surface area contributed by atoms with Gasteiger partial charge in [-0.3, -0.25) is 9.59 Å². The maximum absolute atomic E-state index is 11.9. The fraction of sp³-hybridized carbons (Fsp3) is 0.643. The highest BCUT2D eigenvalue weighted by Crippen LogP contribution is 2.16. The van der Waals surface area contributed by atoms with Crippen LogP contribution in [0.3, 0.4) is 0 Å². The number of carbonyl (C=O) groups excluding carboxylic acids is 1. The second-order valence-corrected chi connectivity index (χ2v) is 5.20. The minimum absolute atomic E-state index is 0.0104. The Morgan fingerprint density at radius 1 is 1.47 bits per heavy atom. The van der Waals surface area contributed by atoms with Gasteiger partial charge in [0.2, 0.25) is 5.91 Å². The quantitative estimate of drug-likeness (QED) is 0.882. The molecule has 1 aromatic rings. The fourth-order valence-electron chi connectivity index (χ4n) is 2.27. The Balaban J connectivity index is 2.12. The van der Waals surface area contributed by atoms with Gasteiger partial charge in [0.1, 0.15) is 6.54 Å².